The number of carbonyl (C=O) groups is 1. The van der Waals surface area contributed by atoms with E-state index in [4.69, 9.17) is 0 Å². The summed E-state index contributed by atoms with van der Waals surface area (Å²) in [5, 5.41) is 10.8. The normalized spacial score (nSPS) is 15.9. The Hall–Kier alpha value is -3.57. The molecule has 34 heavy (non-hydrogen) atoms. The van der Waals surface area contributed by atoms with Gasteiger partial charge in [0.15, 0.2) is 0 Å². The van der Waals surface area contributed by atoms with Crippen molar-refractivity contribution in [2.24, 2.45) is 0 Å². The van der Waals surface area contributed by atoms with Crippen LogP contribution in [0.3, 0.4) is 0 Å². The number of benzene rings is 2. The van der Waals surface area contributed by atoms with Gasteiger partial charge in [-0.25, -0.2) is 4.39 Å². The van der Waals surface area contributed by atoms with Crippen molar-refractivity contribution in [1.82, 2.24) is 9.47 Å². The zero-order chi connectivity index (χ0) is 23.7. The van der Waals surface area contributed by atoms with Crippen LogP contribution < -0.4 is 10.5 Å². The van der Waals surface area contributed by atoms with Crippen LogP contribution in [0.2, 0.25) is 0 Å². The van der Waals surface area contributed by atoms with E-state index in [1.807, 2.05) is 40.1 Å². The summed E-state index contributed by atoms with van der Waals surface area (Å²) in [6, 6.07) is 15.7. The molecule has 5 rings (SSSR count). The summed E-state index contributed by atoms with van der Waals surface area (Å²) in [6.07, 6.45) is 2.93. The average molecular weight is 475 g/mol. The van der Waals surface area contributed by atoms with E-state index >= 15 is 0 Å². The number of carbonyl (C=O) groups excluding carboxylic acids is 1. The third-order valence-corrected chi connectivity index (χ3v) is 7.40. The summed E-state index contributed by atoms with van der Waals surface area (Å²) in [7, 11) is 0. The van der Waals surface area contributed by atoms with E-state index in [0.29, 0.717) is 31.9 Å². The Morgan fingerprint density at radius 3 is 2.47 bits per heavy atom. The number of nitriles is 1. The first kappa shape index (κ1) is 22.2. The number of rotatable bonds is 4. The second-order valence-electron chi connectivity index (χ2n) is 8.36. The third kappa shape index (κ3) is 4.08. The Bertz CT molecular complexity index is 1380. The number of nitrogens with zero attached hydrogens (tertiary/aromatic N) is 4. The highest BCUT2D eigenvalue weighted by Gasteiger charge is 2.28. The number of pyridine rings is 1. The fourth-order valence-electron chi connectivity index (χ4n) is 4.60. The summed E-state index contributed by atoms with van der Waals surface area (Å²) in [6.45, 7) is 2.40. The summed E-state index contributed by atoms with van der Waals surface area (Å²) in [4.78, 5) is 30.9. The monoisotopic (exact) mass is 474 g/mol. The molecular formula is C26H23FN4O2S. The Labute approximate surface area is 200 Å². The molecule has 172 valence electrons. The van der Waals surface area contributed by atoms with Crippen LogP contribution >= 0.6 is 11.8 Å². The molecule has 0 saturated carbocycles. The summed E-state index contributed by atoms with van der Waals surface area (Å²) < 4.78 is 14.9. The quantitative estimate of drug-likeness (QED) is 0.576. The van der Waals surface area contributed by atoms with Crippen molar-refractivity contribution in [3.05, 3.63) is 86.8 Å². The molecule has 0 aliphatic carbocycles. The van der Waals surface area contributed by atoms with Gasteiger partial charge in [0, 0.05) is 37.3 Å². The minimum Gasteiger partial charge on any atom is -0.366 e. The number of halogens is 1. The number of anilines is 1. The molecule has 3 heterocycles. The number of hydrogen-bond acceptors (Lipinski definition) is 5. The zero-order valence-electron chi connectivity index (χ0n) is 18.5. The lowest BCUT2D eigenvalue weighted by Crippen LogP contribution is -2.49. The molecule has 3 aromatic rings. The lowest BCUT2D eigenvalue weighted by atomic mass is 10.1. The van der Waals surface area contributed by atoms with Crippen LogP contribution in [0.15, 0.2) is 64.3 Å². The van der Waals surface area contributed by atoms with Crippen molar-refractivity contribution in [2.45, 2.75) is 13.0 Å². The maximum absolute atomic E-state index is 13.5. The molecule has 2 aliphatic rings. The molecule has 0 atom stereocenters. The topological polar surface area (TPSA) is 69.3 Å². The molecule has 0 bridgehead atoms. The highest BCUT2D eigenvalue weighted by molar-refractivity contribution is 8.04. The van der Waals surface area contributed by atoms with Gasteiger partial charge in [-0.3, -0.25) is 9.59 Å². The highest BCUT2D eigenvalue weighted by Crippen LogP contribution is 2.31. The molecule has 0 radical (unpaired) electrons. The second kappa shape index (κ2) is 9.35. The fourth-order valence-corrected chi connectivity index (χ4v) is 5.55. The second-order valence-corrected chi connectivity index (χ2v) is 9.49. The predicted molar refractivity (Wildman–Crippen MR) is 132 cm³/mol. The molecule has 2 aromatic carbocycles. The van der Waals surface area contributed by atoms with Crippen molar-refractivity contribution >= 4 is 34.3 Å². The minimum absolute atomic E-state index is 0.0715. The van der Waals surface area contributed by atoms with Crippen LogP contribution in [-0.4, -0.2) is 47.3 Å². The smallest absolute Gasteiger partial charge is 0.271 e. The molecule has 1 fully saturated rings. The summed E-state index contributed by atoms with van der Waals surface area (Å²) in [5.74, 6) is 0.684. The van der Waals surface area contributed by atoms with E-state index < -0.39 is 0 Å². The first-order valence-corrected chi connectivity index (χ1v) is 12.2. The number of hydrogen-bond donors (Lipinski definition) is 0. The zero-order valence-corrected chi connectivity index (χ0v) is 19.4. The van der Waals surface area contributed by atoms with Crippen LogP contribution in [0.5, 0.6) is 0 Å². The van der Waals surface area contributed by atoms with Gasteiger partial charge < -0.3 is 14.4 Å². The molecule has 1 aromatic heterocycles. The molecule has 1 amide bonds. The predicted octanol–water partition coefficient (Wildman–Crippen LogP) is 3.73. The third-order valence-electron chi connectivity index (χ3n) is 6.31. The lowest BCUT2D eigenvalue weighted by molar-refractivity contribution is -0.126. The molecule has 8 heteroatoms. The fraction of sp³-hybridized carbons (Fsp3) is 0.269. The Balaban J connectivity index is 1.50. The van der Waals surface area contributed by atoms with Crippen LogP contribution in [0.4, 0.5) is 10.1 Å². The van der Waals surface area contributed by atoms with Crippen molar-refractivity contribution in [2.75, 3.05) is 36.8 Å². The average Bonchev–Trinajstić information content (AvgIpc) is 3.41. The number of thioether (sulfide) groups is 1. The number of fused-ring (bicyclic) bond motifs is 1. The van der Waals surface area contributed by atoms with Crippen molar-refractivity contribution in [1.29, 1.82) is 5.26 Å². The van der Waals surface area contributed by atoms with E-state index in [1.165, 1.54) is 12.1 Å². The molecule has 0 spiro atoms. The maximum Gasteiger partial charge on any atom is 0.271 e. The standard InChI is InChI=1S/C26H23FN4O2S/c27-19-9-7-18(8-10-19)17-31-22-5-2-1-4-20(22)24(21(16-28)25(31)32)29-11-13-30(14-12-29)26(33)23-6-3-15-34-23/h1-2,4-10H,3,11-15,17H2. The number of allylic oxidation sites excluding steroid dienone is 1. The van der Waals surface area contributed by atoms with Crippen LogP contribution in [-0.2, 0) is 11.3 Å². The molecule has 0 N–H and O–H groups in total. The molecule has 6 nitrogen and oxygen atoms in total. The molecule has 2 aliphatic heterocycles. The molecular weight excluding hydrogens is 451 g/mol. The largest absolute Gasteiger partial charge is 0.366 e. The van der Waals surface area contributed by atoms with Gasteiger partial charge in [-0.1, -0.05) is 36.4 Å². The number of amides is 1. The Morgan fingerprint density at radius 1 is 1.06 bits per heavy atom. The first-order chi connectivity index (χ1) is 16.6. The van der Waals surface area contributed by atoms with Crippen LogP contribution in [0, 0.1) is 17.1 Å². The van der Waals surface area contributed by atoms with E-state index in [1.54, 1.807) is 28.5 Å². The number of para-hydroxylation sites is 1. The number of piperazine rings is 1. The van der Waals surface area contributed by atoms with E-state index in [2.05, 4.69) is 6.07 Å². The Kier molecular flexibility index (Phi) is 6.12. The highest BCUT2D eigenvalue weighted by atomic mass is 32.2. The summed E-state index contributed by atoms with van der Waals surface area (Å²) in [5.41, 5.74) is 1.84. The SMILES string of the molecule is N#Cc1c(N2CCN(C(=O)C3=CCCS3)CC2)c2ccccc2n(Cc2ccc(F)cc2)c1=O. The Morgan fingerprint density at radius 2 is 1.79 bits per heavy atom. The van der Waals surface area contributed by atoms with Crippen LogP contribution in [0.1, 0.15) is 17.5 Å². The summed E-state index contributed by atoms with van der Waals surface area (Å²) >= 11 is 1.60. The number of aromatic nitrogens is 1. The van der Waals surface area contributed by atoms with E-state index in [9.17, 15) is 19.2 Å². The lowest BCUT2D eigenvalue weighted by Gasteiger charge is -2.37. The van der Waals surface area contributed by atoms with Crippen molar-refractivity contribution in [3.63, 3.8) is 0 Å². The van der Waals surface area contributed by atoms with Crippen molar-refractivity contribution in [3.8, 4) is 6.07 Å². The van der Waals surface area contributed by atoms with Gasteiger partial charge in [0.05, 0.1) is 22.7 Å². The maximum atomic E-state index is 13.5. The van der Waals surface area contributed by atoms with Gasteiger partial charge in [-0.15, -0.1) is 11.8 Å². The van der Waals surface area contributed by atoms with Gasteiger partial charge in [-0.2, -0.15) is 5.26 Å². The van der Waals surface area contributed by atoms with Gasteiger partial charge >= 0.3 is 0 Å². The van der Waals surface area contributed by atoms with Crippen molar-refractivity contribution < 1.29 is 9.18 Å². The minimum atomic E-state index is -0.369. The van der Waals surface area contributed by atoms with E-state index in [-0.39, 0.29) is 29.4 Å². The molecule has 0 unspecified atom stereocenters. The van der Waals surface area contributed by atoms with Crippen LogP contribution in [0.25, 0.3) is 10.9 Å². The van der Waals surface area contributed by atoms with Gasteiger partial charge in [0.1, 0.15) is 17.4 Å². The van der Waals surface area contributed by atoms with E-state index in [0.717, 1.165) is 33.5 Å². The molecule has 1 saturated heterocycles. The van der Waals surface area contributed by atoms with Gasteiger partial charge in [0.25, 0.3) is 11.5 Å². The first-order valence-electron chi connectivity index (χ1n) is 11.2. The van der Waals surface area contributed by atoms with Gasteiger partial charge in [-0.05, 0) is 30.2 Å². The van der Waals surface area contributed by atoms with Gasteiger partial charge in [0.2, 0.25) is 0 Å².